The molecule has 0 saturated heterocycles. The van der Waals surface area contributed by atoms with E-state index in [0.717, 1.165) is 17.1 Å². The summed E-state index contributed by atoms with van der Waals surface area (Å²) in [5.74, 6) is 0. The first-order chi connectivity index (χ1) is 30.3. The molecule has 0 unspecified atom stereocenters. The summed E-state index contributed by atoms with van der Waals surface area (Å²) in [6, 6.07) is 90.6. The molecule has 0 N–H and O–H groups in total. The minimum absolute atomic E-state index is 1.08. The lowest BCUT2D eigenvalue weighted by atomic mass is 9.87. The number of fused-ring (bicyclic) bond motifs is 4. The molecule has 286 valence electrons. The lowest BCUT2D eigenvalue weighted by molar-refractivity contribution is 1.30. The van der Waals surface area contributed by atoms with Crippen LogP contribution in [-0.4, -0.2) is 0 Å². The fraction of sp³-hybridized carbons (Fsp3) is 0. The van der Waals surface area contributed by atoms with Gasteiger partial charge >= 0.3 is 0 Å². The number of hydrogen-bond acceptors (Lipinski definition) is 1. The molecule has 0 fully saturated rings. The van der Waals surface area contributed by atoms with Crippen molar-refractivity contribution in [2.24, 2.45) is 0 Å². The maximum Gasteiger partial charge on any atom is 0.0546 e. The van der Waals surface area contributed by atoms with Gasteiger partial charge in [0.25, 0.3) is 0 Å². The molecule has 0 atom stereocenters. The Hall–Kier alpha value is -8.00. The van der Waals surface area contributed by atoms with Crippen LogP contribution in [0.4, 0.5) is 17.1 Å². The normalized spacial score (nSPS) is 11.3. The Labute approximate surface area is 357 Å². The maximum atomic E-state index is 2.49. The molecule has 1 nitrogen and oxygen atoms in total. The highest BCUT2D eigenvalue weighted by atomic mass is 15.1. The van der Waals surface area contributed by atoms with Gasteiger partial charge in [-0.3, -0.25) is 0 Å². The smallest absolute Gasteiger partial charge is 0.0546 e. The van der Waals surface area contributed by atoms with Crippen LogP contribution in [-0.2, 0) is 0 Å². The summed E-state index contributed by atoms with van der Waals surface area (Å²) >= 11 is 0. The minimum atomic E-state index is 1.08. The molecule has 0 saturated carbocycles. The molecule has 11 rings (SSSR count). The van der Waals surface area contributed by atoms with E-state index in [1.807, 2.05) is 0 Å². The SMILES string of the molecule is c1ccc(-c2ccccc2-c2c(-c3ccccc3)cccc2N(c2ccc(-c3ccc(-c4ccc5ccccc5c4)cc3)cc2)c2cc3ccccc3c3ccccc23)cc1. The van der Waals surface area contributed by atoms with E-state index in [2.05, 4.69) is 254 Å². The Kier molecular flexibility index (Phi) is 9.26. The lowest BCUT2D eigenvalue weighted by Crippen LogP contribution is -2.12. The third kappa shape index (κ3) is 6.73. The second kappa shape index (κ2) is 15.6. The minimum Gasteiger partial charge on any atom is -0.309 e. The van der Waals surface area contributed by atoms with Crippen molar-refractivity contribution in [3.8, 4) is 55.6 Å². The average Bonchev–Trinajstić information content (AvgIpc) is 3.35. The molecule has 11 aromatic carbocycles. The Morgan fingerprint density at radius 1 is 0.230 bits per heavy atom. The number of anilines is 3. The van der Waals surface area contributed by atoms with Crippen molar-refractivity contribution in [2.45, 2.75) is 0 Å². The molecule has 0 heterocycles. The zero-order valence-corrected chi connectivity index (χ0v) is 33.6. The second-order valence-electron chi connectivity index (χ2n) is 15.7. The molecule has 0 aliphatic rings. The predicted octanol–water partition coefficient (Wildman–Crippen LogP) is 17.0. The number of nitrogens with zero attached hydrogens (tertiary/aromatic N) is 1. The van der Waals surface area contributed by atoms with Crippen LogP contribution in [0.15, 0.2) is 249 Å². The van der Waals surface area contributed by atoms with E-state index in [4.69, 9.17) is 0 Å². The van der Waals surface area contributed by atoms with Crippen LogP contribution in [0.25, 0.3) is 88.0 Å². The van der Waals surface area contributed by atoms with Crippen LogP contribution in [0.2, 0.25) is 0 Å². The molecule has 0 bridgehead atoms. The van der Waals surface area contributed by atoms with E-state index in [9.17, 15) is 0 Å². The van der Waals surface area contributed by atoms with Gasteiger partial charge in [-0.15, -0.1) is 0 Å². The maximum absolute atomic E-state index is 2.49. The van der Waals surface area contributed by atoms with Gasteiger partial charge in [-0.25, -0.2) is 0 Å². The van der Waals surface area contributed by atoms with E-state index < -0.39 is 0 Å². The topological polar surface area (TPSA) is 3.24 Å². The summed E-state index contributed by atoms with van der Waals surface area (Å²) in [4.78, 5) is 2.49. The Balaban J connectivity index is 1.11. The highest BCUT2D eigenvalue weighted by Crippen LogP contribution is 2.50. The van der Waals surface area contributed by atoms with E-state index in [1.165, 1.54) is 88.0 Å². The molecular weight excluding hydrogens is 735 g/mol. The number of rotatable bonds is 8. The number of hydrogen-bond donors (Lipinski definition) is 0. The molecular formula is C60H41N. The van der Waals surface area contributed by atoms with Crippen LogP contribution >= 0.6 is 0 Å². The molecule has 0 aliphatic heterocycles. The Morgan fingerprint density at radius 3 is 1.43 bits per heavy atom. The van der Waals surface area contributed by atoms with E-state index >= 15 is 0 Å². The highest BCUT2D eigenvalue weighted by molar-refractivity contribution is 6.15. The quantitative estimate of drug-likeness (QED) is 0.139. The fourth-order valence-corrected chi connectivity index (χ4v) is 9.09. The molecule has 0 aliphatic carbocycles. The molecule has 1 heteroatoms. The van der Waals surface area contributed by atoms with Gasteiger partial charge in [0.2, 0.25) is 0 Å². The standard InChI is InChI=1S/C60H41N/c1-3-17-46(18-4-1)52-23-11-14-27-57(52)60-54(47-19-5-2-6-20-47)28-15-29-58(60)61(59-41-50-22-9-10-24-53(50)55-25-12-13-26-56(55)59)51-38-36-44(37-39-51)43-30-32-45(33-31-43)49-35-34-42-16-7-8-21-48(42)40-49/h1-41H. The lowest BCUT2D eigenvalue weighted by Gasteiger charge is -2.31. The molecule has 0 amide bonds. The van der Waals surface area contributed by atoms with E-state index in [-0.39, 0.29) is 0 Å². The predicted molar refractivity (Wildman–Crippen MR) is 261 cm³/mol. The zero-order valence-electron chi connectivity index (χ0n) is 33.6. The summed E-state index contributed by atoms with van der Waals surface area (Å²) in [6.07, 6.45) is 0. The third-order valence-electron chi connectivity index (χ3n) is 12.1. The monoisotopic (exact) mass is 775 g/mol. The van der Waals surface area contributed by atoms with Crippen LogP contribution in [0, 0.1) is 0 Å². The van der Waals surface area contributed by atoms with Gasteiger partial charge in [0.15, 0.2) is 0 Å². The molecule has 61 heavy (non-hydrogen) atoms. The molecule has 0 spiro atoms. The van der Waals surface area contributed by atoms with E-state index in [0.29, 0.717) is 0 Å². The first-order valence-corrected chi connectivity index (χ1v) is 21.0. The summed E-state index contributed by atoms with van der Waals surface area (Å²) in [6.45, 7) is 0. The first-order valence-electron chi connectivity index (χ1n) is 21.0. The van der Waals surface area contributed by atoms with Crippen molar-refractivity contribution in [1.82, 2.24) is 0 Å². The Morgan fingerprint density at radius 2 is 0.721 bits per heavy atom. The van der Waals surface area contributed by atoms with Gasteiger partial charge < -0.3 is 4.90 Å². The van der Waals surface area contributed by atoms with E-state index in [1.54, 1.807) is 0 Å². The zero-order chi connectivity index (χ0) is 40.5. The van der Waals surface area contributed by atoms with Crippen molar-refractivity contribution < 1.29 is 0 Å². The van der Waals surface area contributed by atoms with Gasteiger partial charge in [-0.1, -0.05) is 218 Å². The van der Waals surface area contributed by atoms with Gasteiger partial charge in [0.1, 0.15) is 0 Å². The van der Waals surface area contributed by atoms with Crippen LogP contribution < -0.4 is 4.90 Å². The summed E-state index contributed by atoms with van der Waals surface area (Å²) in [5, 5.41) is 7.39. The van der Waals surface area contributed by atoms with Gasteiger partial charge in [0, 0.05) is 16.6 Å². The van der Waals surface area contributed by atoms with Crippen LogP contribution in [0.5, 0.6) is 0 Å². The largest absolute Gasteiger partial charge is 0.309 e. The van der Waals surface area contributed by atoms with Gasteiger partial charge in [-0.2, -0.15) is 0 Å². The van der Waals surface area contributed by atoms with Crippen molar-refractivity contribution in [1.29, 1.82) is 0 Å². The Bertz CT molecular complexity index is 3330. The fourth-order valence-electron chi connectivity index (χ4n) is 9.09. The summed E-state index contributed by atoms with van der Waals surface area (Å²) in [5.41, 5.74) is 15.2. The van der Waals surface area contributed by atoms with Crippen LogP contribution in [0.3, 0.4) is 0 Å². The third-order valence-corrected chi connectivity index (χ3v) is 12.1. The molecule has 0 aromatic heterocycles. The van der Waals surface area contributed by atoms with Crippen LogP contribution in [0.1, 0.15) is 0 Å². The molecule has 11 aromatic rings. The van der Waals surface area contributed by atoms with Gasteiger partial charge in [-0.05, 0) is 107 Å². The van der Waals surface area contributed by atoms with Crippen molar-refractivity contribution in [3.63, 3.8) is 0 Å². The first kappa shape index (κ1) is 36.1. The summed E-state index contributed by atoms with van der Waals surface area (Å²) in [7, 11) is 0. The summed E-state index contributed by atoms with van der Waals surface area (Å²) < 4.78 is 0. The second-order valence-corrected chi connectivity index (χ2v) is 15.7. The van der Waals surface area contributed by atoms with Crippen molar-refractivity contribution in [2.75, 3.05) is 4.90 Å². The van der Waals surface area contributed by atoms with Gasteiger partial charge in [0.05, 0.1) is 11.4 Å². The number of benzene rings is 11. The highest BCUT2D eigenvalue weighted by Gasteiger charge is 2.24. The molecule has 0 radical (unpaired) electrons. The average molecular weight is 776 g/mol. The van der Waals surface area contributed by atoms with Crippen molar-refractivity contribution >= 4 is 49.4 Å². The van der Waals surface area contributed by atoms with Crippen molar-refractivity contribution in [3.05, 3.63) is 249 Å².